The highest BCUT2D eigenvalue weighted by Gasteiger charge is 2.35. The van der Waals surface area contributed by atoms with Gasteiger partial charge in [0.25, 0.3) is 0 Å². The predicted molar refractivity (Wildman–Crippen MR) is 120 cm³/mol. The molecule has 0 amide bonds. The van der Waals surface area contributed by atoms with Crippen molar-refractivity contribution in [3.8, 4) is 0 Å². The molecular formula is C25H44O4. The minimum atomic E-state index is -0.0935. The van der Waals surface area contributed by atoms with Crippen molar-refractivity contribution < 1.29 is 19.7 Å². The topological polar surface area (TPSA) is 66.8 Å². The van der Waals surface area contributed by atoms with Crippen LogP contribution in [0.15, 0.2) is 23.3 Å². The lowest BCUT2D eigenvalue weighted by atomic mass is 9.79. The Hall–Kier alpha value is -0.970. The van der Waals surface area contributed by atoms with Crippen LogP contribution in [0.2, 0.25) is 0 Å². The first kappa shape index (κ1) is 26.1. The van der Waals surface area contributed by atoms with Gasteiger partial charge in [0.1, 0.15) is 0 Å². The first-order valence-electron chi connectivity index (χ1n) is 11.9. The molecule has 0 fully saturated rings. The first-order chi connectivity index (χ1) is 14.1. The molecule has 2 aliphatic rings. The third kappa shape index (κ3) is 10.1. The minimum Gasteiger partial charge on any atom is -0.396 e. The number of ketones is 1. The molecule has 0 saturated heterocycles. The van der Waals surface area contributed by atoms with E-state index in [0.29, 0.717) is 6.42 Å². The summed E-state index contributed by atoms with van der Waals surface area (Å²) < 4.78 is 5.99. The Kier molecular flexibility index (Phi) is 14.2. The lowest BCUT2D eigenvalue weighted by molar-refractivity contribution is -0.119. The predicted octanol–water partition coefficient (Wildman–Crippen LogP) is 5.52. The van der Waals surface area contributed by atoms with Gasteiger partial charge >= 0.3 is 0 Å². The second kappa shape index (κ2) is 15.8. The van der Waals surface area contributed by atoms with Gasteiger partial charge in [-0.25, -0.2) is 0 Å². The molecule has 1 aliphatic heterocycles. The highest BCUT2D eigenvalue weighted by atomic mass is 16.5. The summed E-state index contributed by atoms with van der Waals surface area (Å²) in [5.74, 6) is 0.137. The Labute approximate surface area is 178 Å². The van der Waals surface area contributed by atoms with Gasteiger partial charge in [0, 0.05) is 18.9 Å². The highest BCUT2D eigenvalue weighted by Crippen LogP contribution is 2.35. The zero-order valence-electron chi connectivity index (χ0n) is 19.0. The van der Waals surface area contributed by atoms with Crippen molar-refractivity contribution in [2.45, 2.75) is 110 Å². The number of hydrogen-bond donors (Lipinski definition) is 2. The summed E-state index contributed by atoms with van der Waals surface area (Å²) in [7, 11) is 0. The van der Waals surface area contributed by atoms with Gasteiger partial charge in [0.05, 0.1) is 18.8 Å². The standard InChI is InChI=1S/C15H22O4.C10H22/c1-10-6-15-13(8-14(10)18)11(9-17)7-12(19-15)4-2-3-5-16;1-3-5-7-9-10-8-6-4-2/h6-7,12-13,15-17H,2-5,8-9H2,1H3;3-10H2,1-2H3/t12?,13-,15-;/m1./s1. The molecule has 0 aromatic heterocycles. The van der Waals surface area contributed by atoms with Crippen molar-refractivity contribution in [1.82, 2.24) is 0 Å². The van der Waals surface area contributed by atoms with Crippen LogP contribution in [-0.2, 0) is 9.53 Å². The van der Waals surface area contributed by atoms with Gasteiger partial charge in [-0.05, 0) is 43.4 Å². The number of unbranched alkanes of at least 4 members (excludes halogenated alkanes) is 8. The second-order valence-electron chi connectivity index (χ2n) is 8.46. The number of carbonyl (C=O) groups is 1. The van der Waals surface area contributed by atoms with Crippen LogP contribution in [0.3, 0.4) is 0 Å². The molecule has 0 radical (unpaired) electrons. The number of hydrogen-bond acceptors (Lipinski definition) is 4. The number of ether oxygens (including phenoxy) is 1. The fourth-order valence-corrected chi connectivity index (χ4v) is 4.00. The van der Waals surface area contributed by atoms with Crippen LogP contribution in [-0.4, -0.2) is 41.4 Å². The number of carbonyl (C=O) groups excluding carboxylic acids is 1. The van der Waals surface area contributed by atoms with Crippen molar-refractivity contribution in [3.63, 3.8) is 0 Å². The van der Waals surface area contributed by atoms with Crippen molar-refractivity contribution in [2.75, 3.05) is 13.2 Å². The van der Waals surface area contributed by atoms with E-state index in [1.165, 1.54) is 51.4 Å². The van der Waals surface area contributed by atoms with E-state index in [9.17, 15) is 9.90 Å². The third-order valence-electron chi connectivity index (χ3n) is 5.90. The SMILES string of the molecule is CC1=C[C@H]2OC(CCCCO)C=C(CO)[C@H]2CC1=O.CCCCCCCCCC. The molecule has 2 N–H and O–H groups in total. The van der Waals surface area contributed by atoms with E-state index in [1.54, 1.807) is 0 Å². The fraction of sp³-hybridized carbons (Fsp3) is 0.800. The van der Waals surface area contributed by atoms with E-state index in [0.717, 1.165) is 30.4 Å². The number of fused-ring (bicyclic) bond motifs is 1. The van der Waals surface area contributed by atoms with Crippen LogP contribution in [0.5, 0.6) is 0 Å². The van der Waals surface area contributed by atoms with Crippen LogP contribution in [0.25, 0.3) is 0 Å². The number of Topliss-reactive ketones (excluding diaryl/α,β-unsaturated/α-hetero) is 1. The van der Waals surface area contributed by atoms with E-state index < -0.39 is 0 Å². The Morgan fingerprint density at radius 1 is 0.931 bits per heavy atom. The third-order valence-corrected chi connectivity index (χ3v) is 5.90. The maximum atomic E-state index is 11.7. The Morgan fingerprint density at radius 3 is 2.10 bits per heavy atom. The maximum Gasteiger partial charge on any atom is 0.159 e. The molecular weight excluding hydrogens is 364 g/mol. The second-order valence-corrected chi connectivity index (χ2v) is 8.46. The van der Waals surface area contributed by atoms with E-state index >= 15 is 0 Å². The molecule has 4 heteroatoms. The lowest BCUT2D eigenvalue weighted by Gasteiger charge is -2.37. The molecule has 4 nitrogen and oxygen atoms in total. The van der Waals surface area contributed by atoms with Gasteiger partial charge in [0.2, 0.25) is 0 Å². The van der Waals surface area contributed by atoms with Crippen molar-refractivity contribution in [3.05, 3.63) is 23.3 Å². The number of aliphatic hydroxyl groups is 2. The highest BCUT2D eigenvalue weighted by molar-refractivity contribution is 5.96. The molecule has 1 aliphatic carbocycles. The molecule has 0 aromatic carbocycles. The molecule has 0 saturated carbocycles. The molecule has 168 valence electrons. The zero-order valence-corrected chi connectivity index (χ0v) is 19.0. The van der Waals surface area contributed by atoms with Gasteiger partial charge in [-0.3, -0.25) is 4.79 Å². The monoisotopic (exact) mass is 408 g/mol. The van der Waals surface area contributed by atoms with Gasteiger partial charge in [-0.1, -0.05) is 71.3 Å². The van der Waals surface area contributed by atoms with Crippen LogP contribution >= 0.6 is 0 Å². The van der Waals surface area contributed by atoms with Crippen molar-refractivity contribution >= 4 is 5.78 Å². The summed E-state index contributed by atoms with van der Waals surface area (Å²) in [6.45, 7) is 6.54. The maximum absolute atomic E-state index is 11.7. The molecule has 0 bridgehead atoms. The quantitative estimate of drug-likeness (QED) is 0.330. The van der Waals surface area contributed by atoms with Gasteiger partial charge in [-0.15, -0.1) is 0 Å². The number of aliphatic hydroxyl groups excluding tert-OH is 2. The average molecular weight is 409 g/mol. The fourth-order valence-electron chi connectivity index (χ4n) is 4.00. The van der Waals surface area contributed by atoms with Gasteiger partial charge in [-0.2, -0.15) is 0 Å². The summed E-state index contributed by atoms with van der Waals surface area (Å²) in [5.41, 5.74) is 1.68. The summed E-state index contributed by atoms with van der Waals surface area (Å²) >= 11 is 0. The molecule has 2 rings (SSSR count). The summed E-state index contributed by atoms with van der Waals surface area (Å²) in [6, 6.07) is 0. The molecule has 1 heterocycles. The molecule has 0 spiro atoms. The molecule has 29 heavy (non-hydrogen) atoms. The zero-order chi connectivity index (χ0) is 21.5. The Morgan fingerprint density at radius 2 is 1.55 bits per heavy atom. The van der Waals surface area contributed by atoms with Crippen LogP contribution in [0.4, 0.5) is 0 Å². The van der Waals surface area contributed by atoms with E-state index in [4.69, 9.17) is 9.84 Å². The van der Waals surface area contributed by atoms with E-state index in [-0.39, 0.29) is 37.1 Å². The smallest absolute Gasteiger partial charge is 0.159 e. The van der Waals surface area contributed by atoms with Crippen LogP contribution in [0, 0.1) is 5.92 Å². The molecule has 0 aromatic rings. The normalized spacial score (nSPS) is 23.6. The van der Waals surface area contributed by atoms with Gasteiger partial charge in [0.15, 0.2) is 5.78 Å². The van der Waals surface area contributed by atoms with E-state index in [2.05, 4.69) is 13.8 Å². The minimum absolute atomic E-state index is 0.00436. The van der Waals surface area contributed by atoms with Gasteiger partial charge < -0.3 is 14.9 Å². The lowest BCUT2D eigenvalue weighted by Crippen LogP contribution is -2.38. The first-order valence-corrected chi connectivity index (χ1v) is 11.9. The molecule has 1 unspecified atom stereocenters. The van der Waals surface area contributed by atoms with Crippen molar-refractivity contribution in [2.24, 2.45) is 5.92 Å². The largest absolute Gasteiger partial charge is 0.396 e. The van der Waals surface area contributed by atoms with Crippen LogP contribution < -0.4 is 0 Å². The number of rotatable bonds is 12. The van der Waals surface area contributed by atoms with Crippen molar-refractivity contribution in [1.29, 1.82) is 0 Å². The Balaban J connectivity index is 0.000000359. The van der Waals surface area contributed by atoms with E-state index in [1.807, 2.05) is 19.1 Å². The van der Waals surface area contributed by atoms with Crippen LogP contribution in [0.1, 0.15) is 97.8 Å². The number of allylic oxidation sites excluding steroid dienone is 1. The summed E-state index contributed by atoms with van der Waals surface area (Å²) in [5, 5.41) is 18.3. The average Bonchev–Trinajstić information content (AvgIpc) is 2.72. The molecule has 3 atom stereocenters. The Bertz CT molecular complexity index is 501. The summed E-state index contributed by atoms with van der Waals surface area (Å²) in [6.07, 6.45) is 18.1. The summed E-state index contributed by atoms with van der Waals surface area (Å²) in [4.78, 5) is 11.7.